The summed E-state index contributed by atoms with van der Waals surface area (Å²) in [7, 11) is 0. The van der Waals surface area contributed by atoms with E-state index in [9.17, 15) is 5.11 Å². The van der Waals surface area contributed by atoms with Crippen LogP contribution in [0.25, 0.3) is 0 Å². The number of anilines is 1. The number of nitrogen functional groups attached to an aromatic ring is 1. The summed E-state index contributed by atoms with van der Waals surface area (Å²) in [6, 6.07) is 7.19. The molecule has 0 saturated carbocycles. The number of hydrogen-bond acceptors (Lipinski definition) is 4. The second-order valence-electron chi connectivity index (χ2n) is 4.07. The molecule has 0 fully saturated rings. The number of hydrogen-bond donors (Lipinski definition) is 2. The topological polar surface area (TPSA) is 77.0 Å². The number of nitrogens with two attached hydrogens (primary N) is 1. The lowest BCUT2D eigenvalue weighted by molar-refractivity contribution is 0.150. The van der Waals surface area contributed by atoms with Gasteiger partial charge in [-0.15, -0.1) is 0 Å². The van der Waals surface area contributed by atoms with Crippen molar-refractivity contribution in [3.05, 3.63) is 41.5 Å². The molecule has 0 aliphatic carbocycles. The van der Waals surface area contributed by atoms with Gasteiger partial charge in [-0.05, 0) is 31.5 Å². The van der Waals surface area contributed by atoms with Gasteiger partial charge in [-0.3, -0.25) is 0 Å². The lowest BCUT2D eigenvalue weighted by Crippen LogP contribution is -2.11. The van der Waals surface area contributed by atoms with E-state index in [-0.39, 0.29) is 0 Å². The maximum absolute atomic E-state index is 10.1. The molecule has 1 heterocycles. The highest BCUT2D eigenvalue weighted by molar-refractivity contribution is 5.39. The highest BCUT2D eigenvalue weighted by Crippen LogP contribution is 2.16. The van der Waals surface area contributed by atoms with Gasteiger partial charge >= 0.3 is 0 Å². The quantitative estimate of drug-likeness (QED) is 0.780. The minimum Gasteiger partial charge on any atom is -0.399 e. The molecule has 1 atom stereocenters. The minimum absolute atomic E-state index is 0.399. The Morgan fingerprint density at radius 2 is 1.94 bits per heavy atom. The molecular formula is C12H16N4O. The Labute approximate surface area is 99.9 Å². The van der Waals surface area contributed by atoms with Gasteiger partial charge in [-0.25, -0.2) is 9.67 Å². The van der Waals surface area contributed by atoms with Crippen LogP contribution in [0.4, 0.5) is 5.69 Å². The van der Waals surface area contributed by atoms with E-state index in [1.807, 2.05) is 26.0 Å². The van der Waals surface area contributed by atoms with Crippen LogP contribution < -0.4 is 5.73 Å². The van der Waals surface area contributed by atoms with Crippen LogP contribution in [-0.4, -0.2) is 19.9 Å². The summed E-state index contributed by atoms with van der Waals surface area (Å²) in [6.45, 7) is 4.10. The molecule has 0 radical (unpaired) electrons. The van der Waals surface area contributed by atoms with Crippen LogP contribution in [0.3, 0.4) is 0 Å². The molecule has 5 nitrogen and oxygen atoms in total. The summed E-state index contributed by atoms with van der Waals surface area (Å²) < 4.78 is 1.70. The molecule has 0 amide bonds. The molecule has 0 saturated heterocycles. The number of aliphatic hydroxyl groups excluding tert-OH is 1. The molecule has 2 aromatic rings. The van der Waals surface area contributed by atoms with Crippen LogP contribution in [0.15, 0.2) is 24.3 Å². The van der Waals surface area contributed by atoms with E-state index < -0.39 is 6.10 Å². The maximum atomic E-state index is 10.1. The predicted molar refractivity (Wildman–Crippen MR) is 65.3 cm³/mol. The first-order valence-electron chi connectivity index (χ1n) is 5.48. The van der Waals surface area contributed by atoms with Gasteiger partial charge in [0.15, 0.2) is 0 Å². The van der Waals surface area contributed by atoms with Crippen molar-refractivity contribution < 1.29 is 5.11 Å². The van der Waals surface area contributed by atoms with E-state index in [1.54, 1.807) is 16.8 Å². The molecule has 0 bridgehead atoms. The maximum Gasteiger partial charge on any atom is 0.147 e. The standard InChI is InChI=1S/C12H16N4O/c1-8-14-9(2)16(15-8)7-12(17)10-3-5-11(13)6-4-10/h3-6,12,17H,7,13H2,1-2H3. The Morgan fingerprint density at radius 1 is 1.29 bits per heavy atom. The molecule has 0 aliphatic heterocycles. The lowest BCUT2D eigenvalue weighted by Gasteiger charge is -2.11. The molecule has 1 aromatic heterocycles. The van der Waals surface area contributed by atoms with Crippen LogP contribution in [0.2, 0.25) is 0 Å². The van der Waals surface area contributed by atoms with E-state index in [2.05, 4.69) is 10.1 Å². The van der Waals surface area contributed by atoms with Gasteiger partial charge in [-0.2, -0.15) is 5.10 Å². The number of rotatable bonds is 3. The highest BCUT2D eigenvalue weighted by atomic mass is 16.3. The van der Waals surface area contributed by atoms with Crippen LogP contribution in [0.1, 0.15) is 23.3 Å². The smallest absolute Gasteiger partial charge is 0.147 e. The molecule has 2 rings (SSSR count). The van der Waals surface area contributed by atoms with E-state index in [1.165, 1.54) is 0 Å². The van der Waals surface area contributed by atoms with Crippen molar-refractivity contribution in [2.75, 3.05) is 5.73 Å². The van der Waals surface area contributed by atoms with Gasteiger partial charge in [-0.1, -0.05) is 12.1 Å². The molecular weight excluding hydrogens is 216 g/mol. The molecule has 17 heavy (non-hydrogen) atoms. The van der Waals surface area contributed by atoms with Crippen LogP contribution in [-0.2, 0) is 6.54 Å². The summed E-state index contributed by atoms with van der Waals surface area (Å²) in [4.78, 5) is 4.19. The summed E-state index contributed by atoms with van der Waals surface area (Å²) >= 11 is 0. The van der Waals surface area contributed by atoms with Gasteiger partial charge < -0.3 is 10.8 Å². The number of aryl methyl sites for hydroxylation is 2. The van der Waals surface area contributed by atoms with Crippen molar-refractivity contribution in [1.29, 1.82) is 0 Å². The zero-order chi connectivity index (χ0) is 12.4. The van der Waals surface area contributed by atoms with Crippen molar-refractivity contribution in [2.45, 2.75) is 26.5 Å². The number of nitrogens with zero attached hydrogens (tertiary/aromatic N) is 3. The lowest BCUT2D eigenvalue weighted by atomic mass is 10.1. The average molecular weight is 232 g/mol. The molecule has 0 aliphatic rings. The van der Waals surface area contributed by atoms with Gasteiger partial charge in [0.25, 0.3) is 0 Å². The Kier molecular flexibility index (Phi) is 3.10. The Bertz CT molecular complexity index is 504. The average Bonchev–Trinajstić information content (AvgIpc) is 2.58. The SMILES string of the molecule is Cc1nc(C)n(CC(O)c2ccc(N)cc2)n1. The predicted octanol–water partition coefficient (Wildman–Crippen LogP) is 1.21. The summed E-state index contributed by atoms with van der Waals surface area (Å²) in [5.74, 6) is 1.52. The fourth-order valence-electron chi connectivity index (χ4n) is 1.72. The first-order chi connectivity index (χ1) is 8.06. The Hall–Kier alpha value is -1.88. The summed E-state index contributed by atoms with van der Waals surface area (Å²) in [5, 5.41) is 14.3. The summed E-state index contributed by atoms with van der Waals surface area (Å²) in [5.41, 5.74) is 7.11. The molecule has 0 spiro atoms. The van der Waals surface area contributed by atoms with Gasteiger partial charge in [0.1, 0.15) is 11.6 Å². The molecule has 90 valence electrons. The van der Waals surface area contributed by atoms with Crippen LogP contribution >= 0.6 is 0 Å². The zero-order valence-corrected chi connectivity index (χ0v) is 9.96. The van der Waals surface area contributed by atoms with Gasteiger partial charge in [0.05, 0.1) is 12.6 Å². The van der Waals surface area contributed by atoms with Gasteiger partial charge in [0, 0.05) is 5.69 Å². The first-order valence-corrected chi connectivity index (χ1v) is 5.48. The number of aromatic nitrogens is 3. The third kappa shape index (κ3) is 2.62. The normalized spacial score (nSPS) is 12.6. The van der Waals surface area contributed by atoms with Crippen molar-refractivity contribution in [3.63, 3.8) is 0 Å². The molecule has 5 heteroatoms. The van der Waals surface area contributed by atoms with Crippen LogP contribution in [0, 0.1) is 13.8 Å². The van der Waals surface area contributed by atoms with E-state index in [0.717, 1.165) is 11.4 Å². The number of benzene rings is 1. The van der Waals surface area contributed by atoms with Crippen molar-refractivity contribution in [2.24, 2.45) is 0 Å². The third-order valence-corrected chi connectivity index (χ3v) is 2.63. The van der Waals surface area contributed by atoms with E-state index in [0.29, 0.717) is 18.1 Å². The monoisotopic (exact) mass is 232 g/mol. The Morgan fingerprint density at radius 3 is 2.47 bits per heavy atom. The van der Waals surface area contributed by atoms with E-state index >= 15 is 0 Å². The van der Waals surface area contributed by atoms with Crippen LogP contribution in [0.5, 0.6) is 0 Å². The fourth-order valence-corrected chi connectivity index (χ4v) is 1.72. The molecule has 3 N–H and O–H groups in total. The number of aliphatic hydroxyl groups is 1. The molecule has 1 aromatic carbocycles. The van der Waals surface area contributed by atoms with Crippen molar-refractivity contribution >= 4 is 5.69 Å². The van der Waals surface area contributed by atoms with Crippen molar-refractivity contribution in [3.8, 4) is 0 Å². The van der Waals surface area contributed by atoms with Crippen molar-refractivity contribution in [1.82, 2.24) is 14.8 Å². The minimum atomic E-state index is -0.601. The first kappa shape index (κ1) is 11.6. The Balaban J connectivity index is 2.13. The fraction of sp³-hybridized carbons (Fsp3) is 0.333. The third-order valence-electron chi connectivity index (χ3n) is 2.63. The molecule has 1 unspecified atom stereocenters. The second kappa shape index (κ2) is 4.55. The van der Waals surface area contributed by atoms with Gasteiger partial charge in [0.2, 0.25) is 0 Å². The largest absolute Gasteiger partial charge is 0.399 e. The summed E-state index contributed by atoms with van der Waals surface area (Å²) in [6.07, 6.45) is -0.601. The van der Waals surface area contributed by atoms with E-state index in [4.69, 9.17) is 5.73 Å². The zero-order valence-electron chi connectivity index (χ0n) is 9.96. The highest BCUT2D eigenvalue weighted by Gasteiger charge is 2.11. The second-order valence-corrected chi connectivity index (χ2v) is 4.07.